The van der Waals surface area contributed by atoms with E-state index >= 15 is 0 Å². The van der Waals surface area contributed by atoms with E-state index < -0.39 is 10.0 Å². The molecular formula is C24H27N2O3S+. The normalized spacial score (nSPS) is 15.9. The van der Waals surface area contributed by atoms with Crippen LogP contribution in [0.3, 0.4) is 0 Å². The van der Waals surface area contributed by atoms with E-state index in [1.807, 2.05) is 12.1 Å². The summed E-state index contributed by atoms with van der Waals surface area (Å²) >= 11 is 0. The van der Waals surface area contributed by atoms with Crippen molar-refractivity contribution in [1.82, 2.24) is 4.31 Å². The third kappa shape index (κ3) is 4.26. The van der Waals surface area contributed by atoms with Crippen LogP contribution in [0.5, 0.6) is 5.75 Å². The van der Waals surface area contributed by atoms with Gasteiger partial charge in [0.2, 0.25) is 10.0 Å². The Kier molecular flexibility index (Phi) is 6.18. The van der Waals surface area contributed by atoms with Gasteiger partial charge in [-0.3, -0.25) is 0 Å². The number of sulfonamides is 1. The number of hydrogen-bond donors (Lipinski definition) is 1. The highest BCUT2D eigenvalue weighted by Crippen LogP contribution is 2.22. The first kappa shape index (κ1) is 20.6. The number of rotatable bonds is 6. The summed E-state index contributed by atoms with van der Waals surface area (Å²) in [4.78, 5) is 1.70. The highest BCUT2D eigenvalue weighted by molar-refractivity contribution is 7.89. The first-order valence-electron chi connectivity index (χ1n) is 10.2. The molecule has 1 aliphatic rings. The SMILES string of the molecule is COc1ccc(S(=O)(=O)N2CC[NH+](C(c3ccccc3)c3ccccc3)CC2)cc1. The molecule has 3 aromatic rings. The summed E-state index contributed by atoms with van der Waals surface area (Å²) in [5.41, 5.74) is 2.51. The van der Waals surface area contributed by atoms with E-state index in [2.05, 4.69) is 48.5 Å². The fourth-order valence-corrected chi connectivity index (χ4v) is 5.60. The second-order valence-corrected chi connectivity index (χ2v) is 9.43. The lowest BCUT2D eigenvalue weighted by Crippen LogP contribution is -3.15. The molecule has 156 valence electrons. The van der Waals surface area contributed by atoms with Crippen molar-refractivity contribution in [2.45, 2.75) is 10.9 Å². The van der Waals surface area contributed by atoms with Crippen molar-refractivity contribution in [3.8, 4) is 5.75 Å². The highest BCUT2D eigenvalue weighted by atomic mass is 32.2. The summed E-state index contributed by atoms with van der Waals surface area (Å²) in [5.74, 6) is 0.650. The summed E-state index contributed by atoms with van der Waals surface area (Å²) in [5, 5.41) is 0. The highest BCUT2D eigenvalue weighted by Gasteiger charge is 2.34. The molecule has 0 aromatic heterocycles. The van der Waals surface area contributed by atoms with Gasteiger partial charge in [-0.2, -0.15) is 4.31 Å². The minimum atomic E-state index is -3.50. The van der Waals surface area contributed by atoms with Gasteiger partial charge >= 0.3 is 0 Å². The van der Waals surface area contributed by atoms with Gasteiger partial charge in [0.1, 0.15) is 11.8 Å². The average Bonchev–Trinajstić information content (AvgIpc) is 2.81. The molecule has 0 aliphatic carbocycles. The standard InChI is InChI=1S/C24H26N2O3S/c1-29-22-12-14-23(15-13-22)30(27,28)26-18-16-25(17-19-26)24(20-8-4-2-5-9-20)21-10-6-3-7-11-21/h2-15,24H,16-19H2,1H3/p+1. The topological polar surface area (TPSA) is 51.1 Å². The predicted molar refractivity (Wildman–Crippen MR) is 117 cm³/mol. The molecule has 1 fully saturated rings. The molecule has 0 bridgehead atoms. The van der Waals surface area contributed by atoms with Gasteiger partial charge in [0, 0.05) is 11.1 Å². The van der Waals surface area contributed by atoms with Crippen LogP contribution in [0.1, 0.15) is 17.2 Å². The first-order chi connectivity index (χ1) is 14.6. The van der Waals surface area contributed by atoms with E-state index in [-0.39, 0.29) is 6.04 Å². The second kappa shape index (κ2) is 9.00. The molecule has 0 atom stereocenters. The monoisotopic (exact) mass is 423 g/mol. The molecule has 0 unspecified atom stereocenters. The van der Waals surface area contributed by atoms with Crippen molar-refractivity contribution < 1.29 is 18.1 Å². The second-order valence-electron chi connectivity index (χ2n) is 7.49. The van der Waals surface area contributed by atoms with Crippen LogP contribution in [0.25, 0.3) is 0 Å². The third-order valence-corrected chi connectivity index (χ3v) is 7.65. The first-order valence-corrected chi connectivity index (χ1v) is 11.6. The molecule has 0 radical (unpaired) electrons. The van der Waals surface area contributed by atoms with Gasteiger partial charge in [-0.25, -0.2) is 8.42 Å². The Labute approximate surface area is 178 Å². The molecule has 6 heteroatoms. The number of benzene rings is 3. The molecule has 0 spiro atoms. The van der Waals surface area contributed by atoms with Crippen LogP contribution in [-0.2, 0) is 10.0 Å². The number of nitrogens with one attached hydrogen (secondary N) is 1. The van der Waals surface area contributed by atoms with Crippen LogP contribution in [0.2, 0.25) is 0 Å². The van der Waals surface area contributed by atoms with Crippen molar-refractivity contribution in [2.75, 3.05) is 33.3 Å². The molecule has 0 amide bonds. The van der Waals surface area contributed by atoms with Crippen LogP contribution >= 0.6 is 0 Å². The minimum absolute atomic E-state index is 0.193. The molecule has 30 heavy (non-hydrogen) atoms. The molecule has 3 aromatic carbocycles. The van der Waals surface area contributed by atoms with Gasteiger partial charge in [0.15, 0.2) is 0 Å². The Hall–Kier alpha value is -2.67. The van der Waals surface area contributed by atoms with Crippen molar-refractivity contribution in [1.29, 1.82) is 0 Å². The molecule has 5 nitrogen and oxygen atoms in total. The third-order valence-electron chi connectivity index (χ3n) is 5.74. The van der Waals surface area contributed by atoms with E-state index in [0.29, 0.717) is 23.7 Å². The number of hydrogen-bond acceptors (Lipinski definition) is 3. The zero-order valence-electron chi connectivity index (χ0n) is 17.1. The average molecular weight is 424 g/mol. The van der Waals surface area contributed by atoms with Crippen molar-refractivity contribution in [3.05, 3.63) is 96.1 Å². The zero-order valence-corrected chi connectivity index (χ0v) is 17.9. The lowest BCUT2D eigenvalue weighted by molar-refractivity contribution is -0.929. The summed E-state index contributed by atoms with van der Waals surface area (Å²) in [7, 11) is -1.93. The van der Waals surface area contributed by atoms with Gasteiger partial charge in [0.25, 0.3) is 0 Å². The van der Waals surface area contributed by atoms with E-state index in [4.69, 9.17) is 4.74 Å². The predicted octanol–water partition coefficient (Wildman–Crippen LogP) is 2.37. The zero-order chi connectivity index (χ0) is 21.0. The van der Waals surface area contributed by atoms with Gasteiger partial charge in [-0.1, -0.05) is 60.7 Å². The lowest BCUT2D eigenvalue weighted by atomic mass is 9.96. The smallest absolute Gasteiger partial charge is 0.243 e. The van der Waals surface area contributed by atoms with E-state index in [1.54, 1.807) is 35.7 Å². The molecule has 0 saturated carbocycles. The summed E-state index contributed by atoms with van der Waals surface area (Å²) in [6, 6.07) is 27.7. The Balaban J connectivity index is 1.53. The quantitative estimate of drug-likeness (QED) is 0.662. The van der Waals surface area contributed by atoms with Crippen LogP contribution < -0.4 is 9.64 Å². The number of methoxy groups -OCH3 is 1. The van der Waals surface area contributed by atoms with Crippen molar-refractivity contribution >= 4 is 10.0 Å². The molecule has 1 aliphatic heterocycles. The van der Waals surface area contributed by atoms with Crippen LogP contribution in [0.4, 0.5) is 0 Å². The number of ether oxygens (including phenoxy) is 1. The number of quaternary nitrogens is 1. The van der Waals surface area contributed by atoms with Gasteiger partial charge in [0.05, 0.1) is 38.2 Å². The maximum Gasteiger partial charge on any atom is 0.243 e. The van der Waals surface area contributed by atoms with Gasteiger partial charge < -0.3 is 9.64 Å². The van der Waals surface area contributed by atoms with E-state index in [0.717, 1.165) is 13.1 Å². The summed E-state index contributed by atoms with van der Waals surface area (Å²) in [6.45, 7) is 2.51. The Morgan fingerprint density at radius 3 is 1.77 bits per heavy atom. The van der Waals surface area contributed by atoms with Crippen molar-refractivity contribution in [2.24, 2.45) is 0 Å². The van der Waals surface area contributed by atoms with E-state index in [9.17, 15) is 8.42 Å². The Morgan fingerprint density at radius 1 is 0.800 bits per heavy atom. The number of piperazine rings is 1. The van der Waals surface area contributed by atoms with Crippen molar-refractivity contribution in [3.63, 3.8) is 0 Å². The maximum atomic E-state index is 13.1. The largest absolute Gasteiger partial charge is 0.497 e. The number of nitrogens with zero attached hydrogens (tertiary/aromatic N) is 1. The fraction of sp³-hybridized carbons (Fsp3) is 0.250. The molecule has 1 heterocycles. The Morgan fingerprint density at radius 2 is 1.30 bits per heavy atom. The van der Waals surface area contributed by atoms with Crippen LogP contribution in [0.15, 0.2) is 89.8 Å². The maximum absolute atomic E-state index is 13.1. The minimum Gasteiger partial charge on any atom is -0.497 e. The lowest BCUT2D eigenvalue weighted by Gasteiger charge is -2.36. The van der Waals surface area contributed by atoms with Gasteiger partial charge in [-0.15, -0.1) is 0 Å². The summed E-state index contributed by atoms with van der Waals surface area (Å²) in [6.07, 6.45) is 0. The van der Waals surface area contributed by atoms with Crippen LogP contribution in [-0.4, -0.2) is 46.0 Å². The van der Waals surface area contributed by atoms with Crippen LogP contribution in [0, 0.1) is 0 Å². The summed E-state index contributed by atoms with van der Waals surface area (Å²) < 4.78 is 32.9. The fourth-order valence-electron chi connectivity index (χ4n) is 4.15. The molecular weight excluding hydrogens is 396 g/mol. The molecule has 1 saturated heterocycles. The molecule has 4 rings (SSSR count). The van der Waals surface area contributed by atoms with E-state index in [1.165, 1.54) is 16.0 Å². The van der Waals surface area contributed by atoms with Gasteiger partial charge in [-0.05, 0) is 24.3 Å². The molecule has 1 N–H and O–H groups in total. The Bertz CT molecular complexity index is 1010.